The summed E-state index contributed by atoms with van der Waals surface area (Å²) in [7, 11) is 1.63. The maximum Gasteiger partial charge on any atom is 0.242 e. The summed E-state index contributed by atoms with van der Waals surface area (Å²) in [5.74, 6) is -0.243. The van der Waals surface area contributed by atoms with Crippen molar-refractivity contribution in [2.45, 2.75) is 25.8 Å². The lowest BCUT2D eigenvalue weighted by Crippen LogP contribution is -2.41. The van der Waals surface area contributed by atoms with Gasteiger partial charge >= 0.3 is 0 Å². The summed E-state index contributed by atoms with van der Waals surface area (Å²) in [6, 6.07) is 5.81. The van der Waals surface area contributed by atoms with Crippen LogP contribution in [-0.4, -0.2) is 42.9 Å². The molecule has 0 aliphatic heterocycles. The highest BCUT2D eigenvalue weighted by Gasteiger charge is 2.24. The quantitative estimate of drug-likeness (QED) is 0.842. The zero-order valence-corrected chi connectivity index (χ0v) is 13.0. The Labute approximate surface area is 129 Å². The lowest BCUT2D eigenvalue weighted by molar-refractivity contribution is -0.133. The highest BCUT2D eigenvalue weighted by atomic mass is 35.5. The van der Waals surface area contributed by atoms with Gasteiger partial charge in [0.15, 0.2) is 0 Å². The van der Waals surface area contributed by atoms with Crippen LogP contribution in [-0.2, 0) is 9.59 Å². The number of hydrogen-bond acceptors (Lipinski definition) is 3. The Morgan fingerprint density at radius 3 is 2.76 bits per heavy atom. The van der Waals surface area contributed by atoms with Crippen molar-refractivity contribution in [2.75, 3.05) is 25.5 Å². The largest absolute Gasteiger partial charge is 0.376 e. The summed E-state index contributed by atoms with van der Waals surface area (Å²) >= 11 is 6.03. The number of halogens is 1. The van der Waals surface area contributed by atoms with Crippen molar-refractivity contribution in [1.29, 1.82) is 0 Å². The van der Waals surface area contributed by atoms with Gasteiger partial charge in [-0.15, -0.1) is 0 Å². The van der Waals surface area contributed by atoms with Crippen molar-refractivity contribution in [3.05, 3.63) is 28.8 Å². The average Bonchev–Trinajstić information content (AvgIpc) is 3.23. The van der Waals surface area contributed by atoms with E-state index >= 15 is 0 Å². The molecule has 6 heteroatoms. The fourth-order valence-corrected chi connectivity index (χ4v) is 2.08. The monoisotopic (exact) mass is 309 g/mol. The molecule has 2 N–H and O–H groups in total. The van der Waals surface area contributed by atoms with Gasteiger partial charge in [-0.3, -0.25) is 9.59 Å². The molecule has 0 saturated heterocycles. The molecule has 0 aromatic heterocycles. The van der Waals surface area contributed by atoms with Gasteiger partial charge in [0.2, 0.25) is 11.8 Å². The molecule has 0 bridgehead atoms. The van der Waals surface area contributed by atoms with Gasteiger partial charge in [0.05, 0.1) is 13.1 Å². The number of nitrogens with one attached hydrogen (secondary N) is 2. The van der Waals surface area contributed by atoms with Crippen LogP contribution in [0.2, 0.25) is 5.02 Å². The molecule has 21 heavy (non-hydrogen) atoms. The second-order valence-corrected chi connectivity index (χ2v) is 5.76. The predicted octanol–water partition coefficient (Wildman–Crippen LogP) is 1.80. The standard InChI is InChI=1S/C15H20ClN3O2/c1-10-12(16)4-3-5-13(10)17-8-15(21)19(2)9-14(20)18-11-6-7-11/h3-5,11,17H,6-9H2,1-2H3,(H,18,20). The van der Waals surface area contributed by atoms with Crippen LogP contribution in [0.3, 0.4) is 0 Å². The van der Waals surface area contributed by atoms with Crippen LogP contribution in [0.15, 0.2) is 18.2 Å². The Bertz CT molecular complexity index is 544. The second kappa shape index (κ2) is 6.80. The minimum atomic E-state index is -0.139. The van der Waals surface area contributed by atoms with E-state index in [0.29, 0.717) is 11.1 Å². The summed E-state index contributed by atoms with van der Waals surface area (Å²) in [5.41, 5.74) is 1.73. The first kappa shape index (κ1) is 15.6. The Hall–Kier alpha value is -1.75. The second-order valence-electron chi connectivity index (χ2n) is 5.36. The minimum Gasteiger partial charge on any atom is -0.376 e. The minimum absolute atomic E-state index is 0.0888. The maximum absolute atomic E-state index is 12.0. The summed E-state index contributed by atoms with van der Waals surface area (Å²) in [6.07, 6.45) is 2.08. The van der Waals surface area contributed by atoms with Gasteiger partial charge in [-0.05, 0) is 37.5 Å². The van der Waals surface area contributed by atoms with Crippen molar-refractivity contribution >= 4 is 29.1 Å². The van der Waals surface area contributed by atoms with Crippen LogP contribution in [0.5, 0.6) is 0 Å². The van der Waals surface area contributed by atoms with Crippen LogP contribution in [0.1, 0.15) is 18.4 Å². The number of hydrogen-bond donors (Lipinski definition) is 2. The van der Waals surface area contributed by atoms with Crippen molar-refractivity contribution in [1.82, 2.24) is 10.2 Å². The summed E-state index contributed by atoms with van der Waals surface area (Å²) < 4.78 is 0. The average molecular weight is 310 g/mol. The zero-order valence-electron chi connectivity index (χ0n) is 12.3. The first-order chi connectivity index (χ1) is 9.97. The Morgan fingerprint density at radius 2 is 2.10 bits per heavy atom. The third kappa shape index (κ3) is 4.63. The number of carbonyl (C=O) groups excluding carboxylic acids is 2. The van der Waals surface area contributed by atoms with E-state index in [1.165, 1.54) is 4.90 Å². The smallest absolute Gasteiger partial charge is 0.242 e. The molecule has 0 radical (unpaired) electrons. The molecule has 1 aromatic carbocycles. The van der Waals surface area contributed by atoms with Crippen molar-refractivity contribution in [3.63, 3.8) is 0 Å². The first-order valence-electron chi connectivity index (χ1n) is 6.99. The SMILES string of the molecule is Cc1c(Cl)cccc1NCC(=O)N(C)CC(=O)NC1CC1. The topological polar surface area (TPSA) is 61.4 Å². The van der Waals surface area contributed by atoms with E-state index in [-0.39, 0.29) is 24.9 Å². The van der Waals surface area contributed by atoms with E-state index in [9.17, 15) is 9.59 Å². The van der Waals surface area contributed by atoms with E-state index in [0.717, 1.165) is 24.1 Å². The number of likely N-dealkylation sites (N-methyl/N-ethyl adjacent to an activating group) is 1. The Kier molecular flexibility index (Phi) is 5.07. The number of carbonyl (C=O) groups is 2. The van der Waals surface area contributed by atoms with Crippen LogP contribution in [0, 0.1) is 6.92 Å². The molecule has 0 spiro atoms. The molecule has 1 aromatic rings. The lowest BCUT2D eigenvalue weighted by Gasteiger charge is -2.18. The molecule has 114 valence electrons. The van der Waals surface area contributed by atoms with E-state index in [2.05, 4.69) is 10.6 Å². The highest BCUT2D eigenvalue weighted by Crippen LogP contribution is 2.22. The van der Waals surface area contributed by atoms with E-state index < -0.39 is 0 Å². The van der Waals surface area contributed by atoms with Gasteiger partial charge < -0.3 is 15.5 Å². The van der Waals surface area contributed by atoms with Crippen molar-refractivity contribution in [3.8, 4) is 0 Å². The van der Waals surface area contributed by atoms with Gasteiger partial charge in [0, 0.05) is 23.8 Å². The van der Waals surface area contributed by atoms with Crippen LogP contribution < -0.4 is 10.6 Å². The van der Waals surface area contributed by atoms with Crippen LogP contribution in [0.25, 0.3) is 0 Å². The summed E-state index contributed by atoms with van der Waals surface area (Å²) in [6.45, 7) is 2.11. The predicted molar refractivity (Wildman–Crippen MR) is 83.5 cm³/mol. The number of anilines is 1. The number of benzene rings is 1. The Morgan fingerprint density at radius 1 is 1.38 bits per heavy atom. The molecule has 1 aliphatic carbocycles. The van der Waals surface area contributed by atoms with Gasteiger partial charge in [0.25, 0.3) is 0 Å². The highest BCUT2D eigenvalue weighted by molar-refractivity contribution is 6.31. The summed E-state index contributed by atoms with van der Waals surface area (Å²) in [4.78, 5) is 25.1. The fourth-order valence-electron chi connectivity index (χ4n) is 1.91. The molecule has 1 aliphatic rings. The van der Waals surface area contributed by atoms with Gasteiger partial charge in [-0.25, -0.2) is 0 Å². The van der Waals surface area contributed by atoms with Crippen LogP contribution in [0.4, 0.5) is 5.69 Å². The molecule has 1 fully saturated rings. The molecule has 2 amide bonds. The summed E-state index contributed by atoms with van der Waals surface area (Å²) in [5, 5.41) is 6.57. The number of rotatable bonds is 6. The molecule has 1 saturated carbocycles. The molecular formula is C15H20ClN3O2. The molecule has 5 nitrogen and oxygen atoms in total. The van der Waals surface area contributed by atoms with E-state index in [4.69, 9.17) is 11.6 Å². The Balaban J connectivity index is 1.80. The van der Waals surface area contributed by atoms with E-state index in [1.54, 1.807) is 13.1 Å². The van der Waals surface area contributed by atoms with Gasteiger partial charge in [-0.2, -0.15) is 0 Å². The molecule has 0 atom stereocenters. The fraction of sp³-hybridized carbons (Fsp3) is 0.467. The molecule has 2 rings (SSSR count). The normalized spacial score (nSPS) is 13.7. The third-order valence-corrected chi connectivity index (χ3v) is 3.86. The number of amides is 2. The lowest BCUT2D eigenvalue weighted by atomic mass is 10.2. The molecule has 0 unspecified atom stereocenters. The molecular weight excluding hydrogens is 290 g/mol. The van der Waals surface area contributed by atoms with Crippen LogP contribution >= 0.6 is 11.6 Å². The van der Waals surface area contributed by atoms with E-state index in [1.807, 2.05) is 19.1 Å². The maximum atomic E-state index is 12.0. The first-order valence-corrected chi connectivity index (χ1v) is 7.37. The third-order valence-electron chi connectivity index (χ3n) is 3.45. The number of nitrogens with zero attached hydrogens (tertiary/aromatic N) is 1. The van der Waals surface area contributed by atoms with Gasteiger partial charge in [0.1, 0.15) is 0 Å². The van der Waals surface area contributed by atoms with Gasteiger partial charge in [-0.1, -0.05) is 17.7 Å². The molecule has 0 heterocycles. The zero-order chi connectivity index (χ0) is 15.4. The van der Waals surface area contributed by atoms with Crippen molar-refractivity contribution in [2.24, 2.45) is 0 Å². The van der Waals surface area contributed by atoms with Crippen molar-refractivity contribution < 1.29 is 9.59 Å².